The van der Waals surface area contributed by atoms with Gasteiger partial charge in [-0.15, -0.1) is 0 Å². The molecule has 0 amide bonds. The molecule has 2 rings (SSSR count). The molecule has 0 aromatic heterocycles. The Morgan fingerprint density at radius 3 is 2.37 bits per heavy atom. The van der Waals surface area contributed by atoms with Crippen LogP contribution in [0.15, 0.2) is 0 Å². The van der Waals surface area contributed by atoms with E-state index in [-0.39, 0.29) is 0 Å². The fraction of sp³-hybridized carbons (Fsp3) is 0.933. The first-order valence-corrected chi connectivity index (χ1v) is 7.54. The van der Waals surface area contributed by atoms with Crippen LogP contribution in [0.4, 0.5) is 8.78 Å². The molecule has 3 unspecified atom stereocenters. The van der Waals surface area contributed by atoms with Crippen molar-refractivity contribution in [3.05, 3.63) is 0 Å². The molecule has 2 nitrogen and oxygen atoms in total. The molecule has 0 aliphatic heterocycles. The van der Waals surface area contributed by atoms with E-state index in [0.29, 0.717) is 37.7 Å². The summed E-state index contributed by atoms with van der Waals surface area (Å²) in [4.78, 5) is 10.5. The minimum Gasteiger partial charge on any atom is -0.375 e. The number of rotatable bonds is 5. The van der Waals surface area contributed by atoms with Crippen LogP contribution in [0.2, 0.25) is 0 Å². The summed E-state index contributed by atoms with van der Waals surface area (Å²) in [5.41, 5.74) is 0. The smallest absolute Gasteiger partial charge is 0.157 e. The van der Waals surface area contributed by atoms with Crippen LogP contribution in [0, 0.1) is 11.8 Å². The number of hydrogen-bond acceptors (Lipinski definition) is 2. The van der Waals surface area contributed by atoms with E-state index in [2.05, 4.69) is 0 Å². The van der Waals surface area contributed by atoms with Crippen LogP contribution in [-0.4, -0.2) is 31.3 Å². The van der Waals surface area contributed by atoms with E-state index in [1.807, 2.05) is 0 Å². The third kappa shape index (κ3) is 4.23. The van der Waals surface area contributed by atoms with Gasteiger partial charge < -0.3 is 9.53 Å². The monoisotopic (exact) mass is 274 g/mol. The minimum absolute atomic E-state index is 0.331. The molecular weight excluding hydrogens is 250 g/mol. The molecule has 0 saturated heterocycles. The Balaban J connectivity index is 1.67. The topological polar surface area (TPSA) is 26.3 Å². The third-order valence-electron chi connectivity index (χ3n) is 4.61. The van der Waals surface area contributed by atoms with E-state index in [1.165, 1.54) is 0 Å². The van der Waals surface area contributed by atoms with Crippen molar-refractivity contribution >= 4 is 6.29 Å². The van der Waals surface area contributed by atoms with Crippen molar-refractivity contribution in [3.8, 4) is 0 Å². The van der Waals surface area contributed by atoms with Crippen molar-refractivity contribution in [1.82, 2.24) is 0 Å². The van der Waals surface area contributed by atoms with Gasteiger partial charge in [0.25, 0.3) is 0 Å². The third-order valence-corrected chi connectivity index (χ3v) is 4.61. The van der Waals surface area contributed by atoms with Crippen molar-refractivity contribution in [2.45, 2.75) is 69.8 Å². The van der Waals surface area contributed by atoms with E-state index < -0.39 is 18.4 Å². The lowest BCUT2D eigenvalue weighted by Crippen LogP contribution is -2.38. The first-order chi connectivity index (χ1) is 9.20. The molecule has 2 aliphatic rings. The normalized spacial score (nSPS) is 40.0. The SMILES string of the molecule is O=CCC1CCC(COC2CCCC(F)C2F)CC1. The van der Waals surface area contributed by atoms with Crippen LogP contribution in [0.1, 0.15) is 51.4 Å². The average Bonchev–Trinajstić information content (AvgIpc) is 2.42. The fourth-order valence-corrected chi connectivity index (χ4v) is 3.27. The summed E-state index contributed by atoms with van der Waals surface area (Å²) < 4.78 is 32.5. The molecule has 19 heavy (non-hydrogen) atoms. The van der Waals surface area contributed by atoms with Crippen LogP contribution in [0.3, 0.4) is 0 Å². The van der Waals surface area contributed by atoms with E-state index in [4.69, 9.17) is 4.74 Å². The maximum atomic E-state index is 13.6. The number of hydrogen-bond donors (Lipinski definition) is 0. The van der Waals surface area contributed by atoms with Gasteiger partial charge in [-0.1, -0.05) is 0 Å². The molecule has 0 N–H and O–H groups in total. The van der Waals surface area contributed by atoms with Gasteiger partial charge in [-0.2, -0.15) is 0 Å². The number of carbonyl (C=O) groups excluding carboxylic acids is 1. The summed E-state index contributed by atoms with van der Waals surface area (Å²) in [6, 6.07) is 0. The second kappa shape index (κ2) is 7.32. The quantitative estimate of drug-likeness (QED) is 0.716. The lowest BCUT2D eigenvalue weighted by molar-refractivity contribution is -0.109. The maximum absolute atomic E-state index is 13.6. The second-order valence-corrected chi connectivity index (χ2v) is 6.05. The Labute approximate surface area is 113 Å². The lowest BCUT2D eigenvalue weighted by Gasteiger charge is -2.32. The Bertz CT molecular complexity index is 277. The fourth-order valence-electron chi connectivity index (χ4n) is 3.27. The van der Waals surface area contributed by atoms with Crippen LogP contribution >= 0.6 is 0 Å². The van der Waals surface area contributed by atoms with Crippen molar-refractivity contribution < 1.29 is 18.3 Å². The largest absolute Gasteiger partial charge is 0.375 e. The molecule has 0 spiro atoms. The second-order valence-electron chi connectivity index (χ2n) is 6.05. The average molecular weight is 274 g/mol. The predicted molar refractivity (Wildman–Crippen MR) is 69.5 cm³/mol. The first-order valence-electron chi connectivity index (χ1n) is 7.54. The van der Waals surface area contributed by atoms with Crippen LogP contribution in [0.5, 0.6) is 0 Å². The van der Waals surface area contributed by atoms with Gasteiger partial charge in [-0.05, 0) is 56.8 Å². The number of halogens is 2. The van der Waals surface area contributed by atoms with Gasteiger partial charge in [0, 0.05) is 13.0 Å². The van der Waals surface area contributed by atoms with Crippen LogP contribution in [0.25, 0.3) is 0 Å². The van der Waals surface area contributed by atoms with Gasteiger partial charge in [-0.3, -0.25) is 0 Å². The molecule has 0 aromatic carbocycles. The van der Waals surface area contributed by atoms with Crippen molar-refractivity contribution in [2.24, 2.45) is 11.8 Å². The molecule has 0 bridgehead atoms. The maximum Gasteiger partial charge on any atom is 0.157 e. The highest BCUT2D eigenvalue weighted by Crippen LogP contribution is 2.32. The zero-order valence-corrected chi connectivity index (χ0v) is 11.4. The Morgan fingerprint density at radius 1 is 1.00 bits per heavy atom. The van der Waals surface area contributed by atoms with Gasteiger partial charge in [0.05, 0.1) is 6.10 Å². The summed E-state index contributed by atoms with van der Waals surface area (Å²) in [6.45, 7) is 0.547. The zero-order valence-electron chi connectivity index (χ0n) is 11.4. The zero-order chi connectivity index (χ0) is 13.7. The molecule has 2 saturated carbocycles. The highest BCUT2D eigenvalue weighted by atomic mass is 19.2. The number of alkyl halides is 2. The minimum atomic E-state index is -1.44. The summed E-state index contributed by atoms with van der Waals surface area (Å²) in [5, 5.41) is 0. The lowest BCUT2D eigenvalue weighted by atomic mass is 9.81. The summed E-state index contributed by atoms with van der Waals surface area (Å²) in [5.74, 6) is 0.975. The van der Waals surface area contributed by atoms with Crippen molar-refractivity contribution in [1.29, 1.82) is 0 Å². The Kier molecular flexibility index (Phi) is 5.74. The molecule has 4 heteroatoms. The van der Waals surface area contributed by atoms with E-state index in [1.54, 1.807) is 0 Å². The molecular formula is C15H24F2O2. The standard InChI is InChI=1S/C15H24F2O2/c16-13-2-1-3-14(15(13)17)19-10-12-6-4-11(5-7-12)8-9-18/h9,11-15H,1-8,10H2. The van der Waals surface area contributed by atoms with Gasteiger partial charge in [0.15, 0.2) is 6.17 Å². The van der Waals surface area contributed by atoms with E-state index in [0.717, 1.165) is 38.4 Å². The van der Waals surface area contributed by atoms with E-state index in [9.17, 15) is 13.6 Å². The predicted octanol–water partition coefficient (Wildman–Crippen LogP) is 3.63. The molecule has 2 aliphatic carbocycles. The van der Waals surface area contributed by atoms with Crippen LogP contribution < -0.4 is 0 Å². The van der Waals surface area contributed by atoms with E-state index >= 15 is 0 Å². The highest BCUT2D eigenvalue weighted by molar-refractivity contribution is 5.49. The summed E-state index contributed by atoms with van der Waals surface area (Å²) in [6.07, 6.45) is 4.22. The van der Waals surface area contributed by atoms with Gasteiger partial charge in [-0.25, -0.2) is 8.78 Å². The first kappa shape index (κ1) is 14.9. The molecule has 3 atom stereocenters. The molecule has 110 valence electrons. The molecule has 0 aromatic rings. The molecule has 0 heterocycles. The van der Waals surface area contributed by atoms with Gasteiger partial charge >= 0.3 is 0 Å². The highest BCUT2D eigenvalue weighted by Gasteiger charge is 2.34. The Morgan fingerprint density at radius 2 is 1.68 bits per heavy atom. The summed E-state index contributed by atoms with van der Waals surface area (Å²) in [7, 11) is 0. The number of carbonyl (C=O) groups is 1. The van der Waals surface area contributed by atoms with Crippen molar-refractivity contribution in [2.75, 3.05) is 6.61 Å². The van der Waals surface area contributed by atoms with Gasteiger partial charge in [0.2, 0.25) is 0 Å². The number of ether oxygens (including phenoxy) is 1. The molecule has 0 radical (unpaired) electrons. The number of aldehydes is 1. The summed E-state index contributed by atoms with van der Waals surface area (Å²) >= 11 is 0. The Hall–Kier alpha value is -0.510. The van der Waals surface area contributed by atoms with Crippen LogP contribution in [-0.2, 0) is 9.53 Å². The van der Waals surface area contributed by atoms with Crippen molar-refractivity contribution in [3.63, 3.8) is 0 Å². The molecule has 2 fully saturated rings. The van der Waals surface area contributed by atoms with Gasteiger partial charge in [0.1, 0.15) is 12.5 Å².